The van der Waals surface area contributed by atoms with E-state index in [2.05, 4.69) is 72.7 Å². The van der Waals surface area contributed by atoms with Gasteiger partial charge in [0, 0.05) is 11.4 Å². The lowest BCUT2D eigenvalue weighted by Gasteiger charge is -2.13. The summed E-state index contributed by atoms with van der Waals surface area (Å²) in [5, 5.41) is 3.33. The van der Waals surface area contributed by atoms with E-state index in [0.717, 1.165) is 32.3 Å². The molecule has 2 aromatic rings. The van der Waals surface area contributed by atoms with Crippen LogP contribution in [0.15, 0.2) is 12.1 Å². The van der Waals surface area contributed by atoms with Crippen LogP contribution in [-0.4, -0.2) is 16.5 Å². The molecule has 2 aromatic heterocycles. The van der Waals surface area contributed by atoms with Crippen molar-refractivity contribution in [3.63, 3.8) is 0 Å². The minimum absolute atomic E-state index is 0.395. The maximum atomic E-state index is 4.75. The van der Waals surface area contributed by atoms with Gasteiger partial charge >= 0.3 is 0 Å². The van der Waals surface area contributed by atoms with Crippen molar-refractivity contribution in [1.29, 1.82) is 0 Å². The van der Waals surface area contributed by atoms with Gasteiger partial charge in [-0.05, 0) is 54.5 Å². The Morgan fingerprint density at radius 3 is 2.58 bits per heavy atom. The van der Waals surface area contributed by atoms with E-state index in [0.29, 0.717) is 5.92 Å². The molecule has 2 heterocycles. The Morgan fingerprint density at radius 2 is 2.05 bits per heavy atom. The molecule has 0 bridgehead atoms. The molecule has 0 saturated heterocycles. The first-order chi connectivity index (χ1) is 9.02. The third-order valence-electron chi connectivity index (χ3n) is 2.73. The number of aryl methyl sites for hydroxylation is 1. The lowest BCUT2D eigenvalue weighted by atomic mass is 10.1. The Kier molecular flexibility index (Phi) is 4.78. The van der Waals surface area contributed by atoms with Crippen molar-refractivity contribution in [1.82, 2.24) is 9.97 Å². The van der Waals surface area contributed by atoms with Crippen molar-refractivity contribution < 1.29 is 0 Å². The molecule has 0 fully saturated rings. The second-order valence-electron chi connectivity index (χ2n) is 4.69. The van der Waals surface area contributed by atoms with E-state index in [1.54, 1.807) is 11.3 Å². The first-order valence-corrected chi connectivity index (χ1v) is 8.30. The molecule has 0 aromatic carbocycles. The molecule has 19 heavy (non-hydrogen) atoms. The van der Waals surface area contributed by atoms with Gasteiger partial charge in [0.15, 0.2) is 5.82 Å². The molecule has 0 saturated carbocycles. The second-order valence-corrected chi connectivity index (χ2v) is 7.06. The number of anilines is 1. The van der Waals surface area contributed by atoms with Crippen LogP contribution in [0.4, 0.5) is 5.82 Å². The predicted molar refractivity (Wildman–Crippen MR) is 91.1 cm³/mol. The van der Waals surface area contributed by atoms with Gasteiger partial charge in [0.05, 0.1) is 14.1 Å². The molecule has 0 aliphatic heterocycles. The number of rotatable bonds is 4. The molecule has 1 N–H and O–H groups in total. The van der Waals surface area contributed by atoms with Crippen LogP contribution >= 0.6 is 33.9 Å². The minimum atomic E-state index is 0.395. The van der Waals surface area contributed by atoms with Gasteiger partial charge in [-0.15, -0.1) is 11.3 Å². The van der Waals surface area contributed by atoms with Gasteiger partial charge in [0.1, 0.15) is 5.82 Å². The summed E-state index contributed by atoms with van der Waals surface area (Å²) in [5.74, 6) is 2.17. The average molecular weight is 387 g/mol. The maximum Gasteiger partial charge on any atom is 0.171 e. The van der Waals surface area contributed by atoms with Crippen molar-refractivity contribution in [3.8, 4) is 10.7 Å². The quantitative estimate of drug-likeness (QED) is 0.775. The molecular formula is C14H18IN3S. The first kappa shape index (κ1) is 14.7. The van der Waals surface area contributed by atoms with E-state index in [9.17, 15) is 0 Å². The summed E-state index contributed by atoms with van der Waals surface area (Å²) >= 11 is 4.08. The van der Waals surface area contributed by atoms with Gasteiger partial charge in [-0.25, -0.2) is 9.97 Å². The van der Waals surface area contributed by atoms with Gasteiger partial charge in [0.2, 0.25) is 0 Å². The summed E-state index contributed by atoms with van der Waals surface area (Å²) in [6.45, 7) is 9.40. The summed E-state index contributed by atoms with van der Waals surface area (Å²) in [6, 6.07) is 4.21. The van der Waals surface area contributed by atoms with Crippen molar-refractivity contribution >= 4 is 39.7 Å². The van der Waals surface area contributed by atoms with E-state index >= 15 is 0 Å². The van der Waals surface area contributed by atoms with Crippen LogP contribution in [0.2, 0.25) is 0 Å². The Bertz CT molecular complexity index is 578. The predicted octanol–water partition coefficient (Wildman–Crippen LogP) is 4.67. The van der Waals surface area contributed by atoms with Gasteiger partial charge in [-0.1, -0.05) is 13.8 Å². The molecule has 0 spiro atoms. The fourth-order valence-corrected chi connectivity index (χ4v) is 3.65. The smallest absolute Gasteiger partial charge is 0.171 e. The van der Waals surface area contributed by atoms with Gasteiger partial charge < -0.3 is 5.32 Å². The zero-order valence-electron chi connectivity index (χ0n) is 11.6. The fourth-order valence-electron chi connectivity index (χ4n) is 1.80. The Hall–Kier alpha value is -0.690. The number of aromatic nitrogens is 2. The largest absolute Gasteiger partial charge is 0.369 e. The van der Waals surface area contributed by atoms with E-state index in [1.165, 1.54) is 4.88 Å². The normalized spacial score (nSPS) is 11.1. The summed E-state index contributed by atoms with van der Waals surface area (Å²) in [6.07, 6.45) is 0. The molecule has 0 radical (unpaired) electrons. The number of hydrogen-bond donors (Lipinski definition) is 1. The third kappa shape index (κ3) is 3.25. The van der Waals surface area contributed by atoms with Crippen molar-refractivity contribution in [2.24, 2.45) is 0 Å². The SMILES string of the molecule is CCNc1nc(-c2ccc(C)s2)nc(C(C)C)c1I. The highest BCUT2D eigenvalue weighted by atomic mass is 127. The number of nitrogens with zero attached hydrogens (tertiary/aromatic N) is 2. The first-order valence-electron chi connectivity index (χ1n) is 6.41. The maximum absolute atomic E-state index is 4.75. The molecule has 2 rings (SSSR count). The van der Waals surface area contributed by atoms with Gasteiger partial charge in [-0.2, -0.15) is 0 Å². The highest BCUT2D eigenvalue weighted by Crippen LogP contribution is 2.31. The summed E-state index contributed by atoms with van der Waals surface area (Å²) < 4.78 is 1.13. The van der Waals surface area contributed by atoms with Gasteiger partial charge in [-0.3, -0.25) is 0 Å². The molecule has 5 heteroatoms. The molecule has 0 unspecified atom stereocenters. The molecule has 102 valence electrons. The summed E-state index contributed by atoms with van der Waals surface area (Å²) in [5.41, 5.74) is 1.12. The molecule has 0 aliphatic carbocycles. The number of hydrogen-bond acceptors (Lipinski definition) is 4. The van der Waals surface area contributed by atoms with Crippen molar-refractivity contribution in [3.05, 3.63) is 26.3 Å². The Labute approximate surface area is 132 Å². The standard InChI is InChI=1S/C14H18IN3S/c1-5-16-14-11(15)12(8(2)3)17-13(18-14)10-7-6-9(4)19-10/h6-8H,5H2,1-4H3,(H,16,17,18). The average Bonchev–Trinajstić information content (AvgIpc) is 2.78. The fraction of sp³-hybridized carbons (Fsp3) is 0.429. The molecule has 0 atom stereocenters. The van der Waals surface area contributed by atoms with Crippen LogP contribution in [0.3, 0.4) is 0 Å². The minimum Gasteiger partial charge on any atom is -0.369 e. The Morgan fingerprint density at radius 1 is 1.32 bits per heavy atom. The summed E-state index contributed by atoms with van der Waals surface area (Å²) in [7, 11) is 0. The molecule has 0 aliphatic rings. The second kappa shape index (κ2) is 6.17. The highest BCUT2D eigenvalue weighted by Gasteiger charge is 2.16. The van der Waals surface area contributed by atoms with Crippen LogP contribution in [0, 0.1) is 10.5 Å². The topological polar surface area (TPSA) is 37.8 Å². The van der Waals surface area contributed by atoms with Crippen LogP contribution in [0.1, 0.15) is 37.3 Å². The third-order valence-corrected chi connectivity index (χ3v) is 4.79. The lowest BCUT2D eigenvalue weighted by molar-refractivity contribution is 0.809. The van der Waals surface area contributed by atoms with Crippen LogP contribution in [-0.2, 0) is 0 Å². The van der Waals surface area contributed by atoms with E-state index in [1.807, 2.05) is 0 Å². The van der Waals surface area contributed by atoms with Crippen LogP contribution in [0.5, 0.6) is 0 Å². The van der Waals surface area contributed by atoms with E-state index < -0.39 is 0 Å². The highest BCUT2D eigenvalue weighted by molar-refractivity contribution is 14.1. The van der Waals surface area contributed by atoms with Crippen LogP contribution in [0.25, 0.3) is 10.7 Å². The van der Waals surface area contributed by atoms with Crippen molar-refractivity contribution in [2.75, 3.05) is 11.9 Å². The van der Waals surface area contributed by atoms with Crippen LogP contribution < -0.4 is 5.32 Å². The monoisotopic (exact) mass is 387 g/mol. The number of nitrogens with one attached hydrogen (secondary N) is 1. The summed E-state index contributed by atoms with van der Waals surface area (Å²) in [4.78, 5) is 11.8. The van der Waals surface area contributed by atoms with E-state index in [-0.39, 0.29) is 0 Å². The zero-order valence-corrected chi connectivity index (χ0v) is 14.6. The molecular weight excluding hydrogens is 369 g/mol. The number of thiophene rings is 1. The Balaban J connectivity index is 2.55. The lowest BCUT2D eigenvalue weighted by Crippen LogP contribution is -2.08. The molecule has 0 amide bonds. The van der Waals surface area contributed by atoms with Gasteiger partial charge in [0.25, 0.3) is 0 Å². The molecule has 3 nitrogen and oxygen atoms in total. The van der Waals surface area contributed by atoms with Crippen molar-refractivity contribution in [2.45, 2.75) is 33.6 Å². The number of halogens is 1. The zero-order chi connectivity index (χ0) is 14.0. The van der Waals surface area contributed by atoms with E-state index in [4.69, 9.17) is 4.98 Å².